The predicted molar refractivity (Wildman–Crippen MR) is 169 cm³/mol. The Morgan fingerprint density at radius 1 is 1.16 bits per heavy atom. The number of piperidine rings is 2. The summed E-state index contributed by atoms with van der Waals surface area (Å²) in [7, 11) is 0. The molecule has 2 bridgehead atoms. The molecule has 3 aromatic rings. The fourth-order valence-electron chi connectivity index (χ4n) is 7.82. The van der Waals surface area contributed by atoms with Gasteiger partial charge in [0.25, 0.3) is 5.91 Å². The number of piperazine rings is 1. The summed E-state index contributed by atoms with van der Waals surface area (Å²) < 4.78 is 26.9. The summed E-state index contributed by atoms with van der Waals surface area (Å²) in [6.07, 6.45) is 5.41. The number of nitrogens with zero attached hydrogens (tertiary/aromatic N) is 5. The monoisotopic (exact) mass is 616 g/mol. The van der Waals surface area contributed by atoms with Gasteiger partial charge in [0.15, 0.2) is 0 Å². The van der Waals surface area contributed by atoms with Crippen LogP contribution in [0, 0.1) is 11.2 Å². The lowest BCUT2D eigenvalue weighted by Gasteiger charge is -2.47. The van der Waals surface area contributed by atoms with Crippen molar-refractivity contribution in [2.45, 2.75) is 57.5 Å². The van der Waals surface area contributed by atoms with E-state index in [0.29, 0.717) is 65.8 Å². The van der Waals surface area contributed by atoms with Crippen molar-refractivity contribution in [1.29, 1.82) is 0 Å². The fourth-order valence-corrected chi connectivity index (χ4v) is 7.82. The molecule has 45 heavy (non-hydrogen) atoms. The molecule has 2 N–H and O–H groups in total. The average Bonchev–Trinajstić information content (AvgIpc) is 3.84. The van der Waals surface area contributed by atoms with Gasteiger partial charge in [-0.15, -0.1) is 0 Å². The van der Waals surface area contributed by atoms with Crippen LogP contribution in [0.5, 0.6) is 11.8 Å². The second-order valence-corrected chi connectivity index (χ2v) is 13.5. The molecule has 1 aromatic heterocycles. The molecule has 0 spiro atoms. The second kappa shape index (κ2) is 11.4. The lowest BCUT2D eigenvalue weighted by atomic mass is 9.91. The zero-order chi connectivity index (χ0) is 30.7. The van der Waals surface area contributed by atoms with Gasteiger partial charge in [-0.25, -0.2) is 4.39 Å². The van der Waals surface area contributed by atoms with E-state index < -0.39 is 0 Å². The van der Waals surface area contributed by atoms with Gasteiger partial charge in [-0.3, -0.25) is 9.69 Å². The molecule has 4 saturated heterocycles. The van der Waals surface area contributed by atoms with Gasteiger partial charge in [-0.2, -0.15) is 9.97 Å². The maximum Gasteiger partial charge on any atom is 0.319 e. The Kier molecular flexibility index (Phi) is 7.30. The van der Waals surface area contributed by atoms with Gasteiger partial charge in [0.1, 0.15) is 23.1 Å². The number of halogens is 1. The number of ether oxygens (including phenoxy) is 2. The first-order chi connectivity index (χ1) is 21.9. The van der Waals surface area contributed by atoms with Crippen LogP contribution in [0.2, 0.25) is 0 Å². The molecule has 5 fully saturated rings. The minimum absolute atomic E-state index is 0.0315. The van der Waals surface area contributed by atoms with Crippen LogP contribution in [0.15, 0.2) is 24.3 Å². The molecular weight excluding hydrogens is 575 g/mol. The Morgan fingerprint density at radius 2 is 2.00 bits per heavy atom. The van der Waals surface area contributed by atoms with E-state index in [2.05, 4.69) is 15.1 Å². The van der Waals surface area contributed by atoms with Gasteiger partial charge in [-0.1, -0.05) is 13.0 Å². The third-order valence-corrected chi connectivity index (χ3v) is 10.5. The van der Waals surface area contributed by atoms with Crippen LogP contribution in [0.1, 0.15) is 54.2 Å². The van der Waals surface area contributed by atoms with Crippen LogP contribution in [0.3, 0.4) is 0 Å². The molecule has 11 heteroatoms. The first-order valence-corrected chi connectivity index (χ1v) is 16.5. The highest BCUT2D eigenvalue weighted by Gasteiger charge is 2.46. The van der Waals surface area contributed by atoms with Gasteiger partial charge < -0.3 is 29.7 Å². The summed E-state index contributed by atoms with van der Waals surface area (Å²) >= 11 is 0. The molecule has 6 heterocycles. The highest BCUT2D eigenvalue weighted by atomic mass is 19.1. The molecule has 1 saturated carbocycles. The standard InChI is InChI=1S/C34H41FN6O4/c1-2-25-27(35)6-3-21-15-24(42)16-28(29(21)25)40-10-7-26-30(32(40)43)37-33(38-31(26)41-18-22-4-5-23(41)17-36-22)45-20-34(8-9-34)19-39-11-13-44-14-12-39/h3,6,15-16,22-23,36,42H,2,4-5,7-14,17-20H2,1H3. The van der Waals surface area contributed by atoms with Gasteiger partial charge in [0.05, 0.1) is 25.5 Å². The molecule has 1 amide bonds. The van der Waals surface area contributed by atoms with Gasteiger partial charge in [0.2, 0.25) is 0 Å². The van der Waals surface area contributed by atoms with Crippen LogP contribution < -0.4 is 19.9 Å². The van der Waals surface area contributed by atoms with Crippen LogP contribution in [0.25, 0.3) is 10.8 Å². The van der Waals surface area contributed by atoms with Crippen LogP contribution in [0.4, 0.5) is 15.9 Å². The van der Waals surface area contributed by atoms with Crippen molar-refractivity contribution in [1.82, 2.24) is 20.2 Å². The molecule has 10 nitrogen and oxygen atoms in total. The SMILES string of the molecule is CCc1c(F)ccc2cc(O)cc(N3CCc4c(nc(OCC5(CN6CCOCC6)CC5)nc4N4CC5CCC4CN5)C3=O)c12. The number of carbonyl (C=O) groups is 1. The summed E-state index contributed by atoms with van der Waals surface area (Å²) in [6.45, 7) is 8.87. The number of phenols is 1. The molecule has 0 radical (unpaired) electrons. The van der Waals surface area contributed by atoms with Crippen molar-refractivity contribution in [3.8, 4) is 11.8 Å². The van der Waals surface area contributed by atoms with E-state index in [0.717, 1.165) is 83.0 Å². The first-order valence-electron chi connectivity index (χ1n) is 16.5. The van der Waals surface area contributed by atoms with E-state index in [1.165, 1.54) is 6.07 Å². The molecule has 9 rings (SSSR count). The number of benzene rings is 2. The maximum absolute atomic E-state index is 15.0. The highest BCUT2D eigenvalue weighted by Crippen LogP contribution is 2.47. The number of aromatic nitrogens is 2. The Morgan fingerprint density at radius 3 is 2.71 bits per heavy atom. The quantitative estimate of drug-likeness (QED) is 0.393. The number of phenolic OH excluding ortho intramolecular Hbond substituents is 1. The van der Waals surface area contributed by atoms with Crippen molar-refractivity contribution < 1.29 is 23.8 Å². The van der Waals surface area contributed by atoms with Crippen LogP contribution in [-0.2, 0) is 17.6 Å². The Labute approximate surface area is 262 Å². The molecule has 2 atom stereocenters. The van der Waals surface area contributed by atoms with Crippen LogP contribution in [-0.4, -0.2) is 97.1 Å². The molecule has 5 aliphatic heterocycles. The van der Waals surface area contributed by atoms with Crippen molar-refractivity contribution in [2.24, 2.45) is 5.41 Å². The van der Waals surface area contributed by atoms with E-state index >= 15 is 4.39 Å². The fraction of sp³-hybridized carbons (Fsp3) is 0.559. The predicted octanol–water partition coefficient (Wildman–Crippen LogP) is 3.67. The van der Waals surface area contributed by atoms with Crippen molar-refractivity contribution >= 4 is 28.2 Å². The van der Waals surface area contributed by atoms with E-state index in [-0.39, 0.29) is 28.9 Å². The number of hydrogen-bond donors (Lipinski definition) is 2. The lowest BCUT2D eigenvalue weighted by molar-refractivity contribution is 0.0231. The lowest BCUT2D eigenvalue weighted by Crippen LogP contribution is -2.61. The molecule has 1 aliphatic carbocycles. The van der Waals surface area contributed by atoms with Crippen molar-refractivity contribution in [3.63, 3.8) is 0 Å². The van der Waals surface area contributed by atoms with E-state index in [9.17, 15) is 9.90 Å². The molecule has 2 unspecified atom stereocenters. The first kappa shape index (κ1) is 28.9. The number of nitrogens with one attached hydrogen (secondary N) is 1. The van der Waals surface area contributed by atoms with E-state index in [1.807, 2.05) is 6.92 Å². The number of anilines is 2. The van der Waals surface area contributed by atoms with Gasteiger partial charge >= 0.3 is 6.01 Å². The number of aromatic hydroxyl groups is 1. The molecule has 2 aromatic carbocycles. The molecule has 6 aliphatic rings. The third-order valence-electron chi connectivity index (χ3n) is 10.5. The van der Waals surface area contributed by atoms with Crippen molar-refractivity contribution in [3.05, 3.63) is 46.9 Å². The summed E-state index contributed by atoms with van der Waals surface area (Å²) in [5.41, 5.74) is 2.28. The van der Waals surface area contributed by atoms with E-state index in [4.69, 9.17) is 19.4 Å². The Balaban J connectivity index is 1.16. The number of fused-ring (bicyclic) bond motifs is 5. The van der Waals surface area contributed by atoms with Gasteiger partial charge in [0, 0.05) is 73.8 Å². The van der Waals surface area contributed by atoms with E-state index in [1.54, 1.807) is 23.1 Å². The molecule has 238 valence electrons. The Bertz CT molecular complexity index is 1630. The topological polar surface area (TPSA) is 103 Å². The minimum atomic E-state index is -0.318. The zero-order valence-corrected chi connectivity index (χ0v) is 25.9. The highest BCUT2D eigenvalue weighted by molar-refractivity contribution is 6.13. The van der Waals surface area contributed by atoms with Gasteiger partial charge in [-0.05, 0) is 61.6 Å². The number of morpholine rings is 1. The maximum atomic E-state index is 15.0. The summed E-state index contributed by atoms with van der Waals surface area (Å²) in [5, 5.41) is 15.6. The summed E-state index contributed by atoms with van der Waals surface area (Å²) in [6, 6.07) is 7.21. The summed E-state index contributed by atoms with van der Waals surface area (Å²) in [4.78, 5) is 30.7. The number of rotatable bonds is 8. The Hall–Kier alpha value is -3.54. The smallest absolute Gasteiger partial charge is 0.319 e. The number of aryl methyl sites for hydroxylation is 1. The molecular formula is C34H41FN6O4. The normalized spacial score (nSPS) is 24.3. The average molecular weight is 617 g/mol. The number of hydrogen-bond acceptors (Lipinski definition) is 9. The van der Waals surface area contributed by atoms with Crippen molar-refractivity contribution in [2.75, 3.05) is 68.9 Å². The zero-order valence-electron chi connectivity index (χ0n) is 25.9. The largest absolute Gasteiger partial charge is 0.508 e. The summed E-state index contributed by atoms with van der Waals surface area (Å²) in [5.74, 6) is 0.238. The van der Waals surface area contributed by atoms with Crippen LogP contribution >= 0.6 is 0 Å². The third kappa shape index (κ3) is 5.28. The number of amides is 1. The number of carbonyl (C=O) groups excluding carboxylic acids is 1. The minimum Gasteiger partial charge on any atom is -0.508 e. The second-order valence-electron chi connectivity index (χ2n) is 13.5.